The number of hydrogen-bond acceptors (Lipinski definition) is 4. The monoisotopic (exact) mass is 349 g/mol. The maximum atomic E-state index is 13.5. The van der Waals surface area contributed by atoms with Crippen LogP contribution in [0.4, 0.5) is 4.39 Å². The fourth-order valence-corrected chi connectivity index (χ4v) is 4.39. The van der Waals surface area contributed by atoms with Crippen molar-refractivity contribution < 1.29 is 4.39 Å². The second-order valence-corrected chi connectivity index (χ2v) is 7.24. The molecule has 0 radical (unpaired) electrons. The number of aromatic nitrogens is 4. The highest BCUT2D eigenvalue weighted by atomic mass is 19.1. The second kappa shape index (κ2) is 6.29. The van der Waals surface area contributed by atoms with Crippen molar-refractivity contribution >= 4 is 0 Å². The Hall–Kier alpha value is -2.60. The van der Waals surface area contributed by atoms with Gasteiger partial charge in [-0.15, -0.1) is 10.2 Å². The summed E-state index contributed by atoms with van der Waals surface area (Å²) in [5.41, 5.74) is 2.04. The molecule has 3 aromatic rings. The lowest BCUT2D eigenvalue weighted by Gasteiger charge is -2.27. The molecule has 26 heavy (non-hydrogen) atoms. The van der Waals surface area contributed by atoms with Gasteiger partial charge in [0.05, 0.1) is 6.04 Å². The molecule has 1 aromatic carbocycles. The summed E-state index contributed by atoms with van der Waals surface area (Å²) in [4.78, 5) is 6.65. The Morgan fingerprint density at radius 1 is 1.12 bits per heavy atom. The van der Waals surface area contributed by atoms with E-state index in [1.807, 2.05) is 24.4 Å². The number of hydrogen-bond donors (Lipinski definition) is 0. The van der Waals surface area contributed by atoms with Gasteiger partial charge in [-0.3, -0.25) is 9.88 Å². The van der Waals surface area contributed by atoms with E-state index >= 15 is 0 Å². The van der Waals surface area contributed by atoms with Crippen LogP contribution in [0.2, 0.25) is 0 Å². The van der Waals surface area contributed by atoms with E-state index in [-0.39, 0.29) is 5.82 Å². The van der Waals surface area contributed by atoms with Gasteiger partial charge < -0.3 is 4.57 Å². The molecule has 0 aliphatic carbocycles. The first-order valence-corrected chi connectivity index (χ1v) is 9.09. The molecule has 0 bridgehead atoms. The van der Waals surface area contributed by atoms with E-state index in [2.05, 4.69) is 24.6 Å². The van der Waals surface area contributed by atoms with Crippen molar-refractivity contribution in [3.8, 4) is 11.4 Å². The molecule has 2 aromatic heterocycles. The molecule has 5 nitrogen and oxygen atoms in total. The van der Waals surface area contributed by atoms with Crippen molar-refractivity contribution in [3.05, 3.63) is 66.0 Å². The molecule has 1 fully saturated rings. The third-order valence-electron chi connectivity index (χ3n) is 5.53. The number of benzene rings is 1. The van der Waals surface area contributed by atoms with E-state index in [4.69, 9.17) is 0 Å². The smallest absolute Gasteiger partial charge is 0.165 e. The Labute approximate surface area is 151 Å². The zero-order valence-corrected chi connectivity index (χ0v) is 14.4. The molecule has 0 amide bonds. The summed E-state index contributed by atoms with van der Waals surface area (Å²) in [6.45, 7) is 2.76. The van der Waals surface area contributed by atoms with Gasteiger partial charge in [-0.1, -0.05) is 12.1 Å². The molecule has 0 spiro atoms. The van der Waals surface area contributed by atoms with E-state index in [9.17, 15) is 4.39 Å². The van der Waals surface area contributed by atoms with E-state index < -0.39 is 0 Å². The average molecular weight is 349 g/mol. The molecule has 6 heteroatoms. The Balaban J connectivity index is 1.43. The van der Waals surface area contributed by atoms with E-state index in [0.29, 0.717) is 12.0 Å². The zero-order valence-electron chi connectivity index (χ0n) is 14.4. The van der Waals surface area contributed by atoms with Crippen LogP contribution in [0.1, 0.15) is 23.9 Å². The first kappa shape index (κ1) is 15.6. The van der Waals surface area contributed by atoms with Crippen molar-refractivity contribution in [2.45, 2.75) is 25.4 Å². The number of nitrogens with zero attached hydrogens (tertiary/aromatic N) is 5. The van der Waals surface area contributed by atoms with Crippen LogP contribution >= 0.6 is 0 Å². The van der Waals surface area contributed by atoms with Crippen LogP contribution in [0.3, 0.4) is 0 Å². The van der Waals surface area contributed by atoms with Gasteiger partial charge in [-0.05, 0) is 42.2 Å². The molecule has 0 saturated carbocycles. The van der Waals surface area contributed by atoms with Crippen LogP contribution in [0.25, 0.3) is 11.4 Å². The minimum Gasteiger partial charge on any atom is -0.306 e. The molecule has 5 rings (SSSR count). The van der Waals surface area contributed by atoms with Crippen molar-refractivity contribution in [2.75, 3.05) is 13.1 Å². The summed E-state index contributed by atoms with van der Waals surface area (Å²) in [5.74, 6) is 2.40. The molecule has 2 aliphatic rings. The highest BCUT2D eigenvalue weighted by molar-refractivity contribution is 5.54. The highest BCUT2D eigenvalue weighted by Crippen LogP contribution is 2.39. The molecule has 1 saturated heterocycles. The number of rotatable bonds is 3. The van der Waals surface area contributed by atoms with Gasteiger partial charge in [-0.25, -0.2) is 4.39 Å². The van der Waals surface area contributed by atoms with Crippen molar-refractivity contribution in [3.63, 3.8) is 0 Å². The normalized spacial score (nSPS) is 22.2. The van der Waals surface area contributed by atoms with Crippen LogP contribution in [0.5, 0.6) is 0 Å². The standard InChI is InChI=1S/C20H20FN5/c21-17-5-1-3-14(9-17)11-25-12-16-6-7-19-23-24-20(26(19)18(16)13-25)15-4-2-8-22-10-15/h1-5,8-10,16,18H,6-7,11-13H2/t16-,18+/m1/s1. The van der Waals surface area contributed by atoms with Crippen molar-refractivity contribution in [1.82, 2.24) is 24.6 Å². The summed E-state index contributed by atoms with van der Waals surface area (Å²) in [5, 5.41) is 8.89. The van der Waals surface area contributed by atoms with Gasteiger partial charge in [0.2, 0.25) is 0 Å². The summed E-state index contributed by atoms with van der Waals surface area (Å²) >= 11 is 0. The van der Waals surface area contributed by atoms with Gasteiger partial charge >= 0.3 is 0 Å². The lowest BCUT2D eigenvalue weighted by molar-refractivity contribution is 0.313. The average Bonchev–Trinajstić information content (AvgIpc) is 3.25. The van der Waals surface area contributed by atoms with E-state index in [1.165, 1.54) is 6.07 Å². The summed E-state index contributed by atoms with van der Waals surface area (Å²) < 4.78 is 15.8. The third kappa shape index (κ3) is 2.70. The number of pyridine rings is 1. The van der Waals surface area contributed by atoms with E-state index in [1.54, 1.807) is 18.3 Å². The van der Waals surface area contributed by atoms with E-state index in [0.717, 1.165) is 55.3 Å². The van der Waals surface area contributed by atoms with Crippen LogP contribution in [-0.4, -0.2) is 37.7 Å². The fraction of sp³-hybridized carbons (Fsp3) is 0.350. The minimum absolute atomic E-state index is 0.168. The fourth-order valence-electron chi connectivity index (χ4n) is 4.39. The summed E-state index contributed by atoms with van der Waals surface area (Å²) in [6, 6.07) is 11.2. The van der Waals surface area contributed by atoms with Gasteiger partial charge in [0, 0.05) is 44.0 Å². The topological polar surface area (TPSA) is 46.8 Å². The maximum Gasteiger partial charge on any atom is 0.165 e. The maximum absolute atomic E-state index is 13.5. The summed E-state index contributed by atoms with van der Waals surface area (Å²) in [6.07, 6.45) is 5.72. The van der Waals surface area contributed by atoms with Crippen LogP contribution < -0.4 is 0 Å². The Morgan fingerprint density at radius 3 is 2.92 bits per heavy atom. The lowest BCUT2D eigenvalue weighted by atomic mass is 9.93. The first-order valence-electron chi connectivity index (χ1n) is 9.09. The highest BCUT2D eigenvalue weighted by Gasteiger charge is 2.39. The molecule has 2 atom stereocenters. The predicted molar refractivity (Wildman–Crippen MR) is 95.8 cm³/mol. The number of aryl methyl sites for hydroxylation is 1. The van der Waals surface area contributed by atoms with Crippen LogP contribution in [-0.2, 0) is 13.0 Å². The largest absolute Gasteiger partial charge is 0.306 e. The molecular weight excluding hydrogens is 329 g/mol. The molecule has 0 N–H and O–H groups in total. The number of likely N-dealkylation sites (tertiary alicyclic amines) is 1. The molecular formula is C20H20FN5. The number of fused-ring (bicyclic) bond motifs is 3. The van der Waals surface area contributed by atoms with Gasteiger partial charge in [0.25, 0.3) is 0 Å². The Morgan fingerprint density at radius 2 is 2.08 bits per heavy atom. The molecule has 0 unspecified atom stereocenters. The van der Waals surface area contributed by atoms with Crippen molar-refractivity contribution in [1.29, 1.82) is 0 Å². The zero-order chi connectivity index (χ0) is 17.5. The van der Waals surface area contributed by atoms with Gasteiger partial charge in [0.15, 0.2) is 5.82 Å². The summed E-state index contributed by atoms with van der Waals surface area (Å²) in [7, 11) is 0. The Bertz CT molecular complexity index is 923. The van der Waals surface area contributed by atoms with Gasteiger partial charge in [0.1, 0.15) is 11.6 Å². The predicted octanol–water partition coefficient (Wildman–Crippen LogP) is 3.10. The lowest BCUT2D eigenvalue weighted by Crippen LogP contribution is -2.26. The van der Waals surface area contributed by atoms with Crippen LogP contribution in [0, 0.1) is 11.7 Å². The Kier molecular flexibility index (Phi) is 3.78. The first-order chi connectivity index (χ1) is 12.8. The van der Waals surface area contributed by atoms with Crippen molar-refractivity contribution in [2.24, 2.45) is 5.92 Å². The molecule has 132 valence electrons. The molecule has 4 heterocycles. The third-order valence-corrected chi connectivity index (χ3v) is 5.53. The number of halogens is 1. The molecule has 2 aliphatic heterocycles. The van der Waals surface area contributed by atoms with Gasteiger partial charge in [-0.2, -0.15) is 0 Å². The quantitative estimate of drug-likeness (QED) is 0.729. The second-order valence-electron chi connectivity index (χ2n) is 7.24. The SMILES string of the molecule is Fc1cccc(CN2C[C@H]3CCc4nnc(-c5cccnc5)n4[C@H]3C2)c1. The van der Waals surface area contributed by atoms with Crippen LogP contribution in [0.15, 0.2) is 48.8 Å². The minimum atomic E-state index is -0.168.